The summed E-state index contributed by atoms with van der Waals surface area (Å²) in [6.07, 6.45) is -0.662. The van der Waals surface area contributed by atoms with Crippen molar-refractivity contribution in [2.75, 3.05) is 19.8 Å². The Balaban J connectivity index is 2.22. The van der Waals surface area contributed by atoms with E-state index in [-0.39, 0.29) is 30.0 Å². The van der Waals surface area contributed by atoms with Gasteiger partial charge in [0.2, 0.25) is 0 Å². The highest BCUT2D eigenvalue weighted by molar-refractivity contribution is 7.81. The third-order valence-electron chi connectivity index (χ3n) is 3.55. The molecule has 0 saturated carbocycles. The Morgan fingerprint density at radius 1 is 1.19 bits per heavy atom. The lowest BCUT2D eigenvalue weighted by Crippen LogP contribution is -2.50. The highest BCUT2D eigenvalue weighted by atomic mass is 32.1. The predicted octanol–water partition coefficient (Wildman–Crippen LogP) is 1.71. The summed E-state index contributed by atoms with van der Waals surface area (Å²) in [7, 11) is 0. The number of nitrogens with one attached hydrogen (secondary N) is 1. The molecule has 1 aromatic rings. The van der Waals surface area contributed by atoms with Crippen molar-refractivity contribution in [3.63, 3.8) is 0 Å². The molecule has 1 N–H and O–H groups in total. The third-order valence-corrected chi connectivity index (χ3v) is 4.19. The van der Waals surface area contributed by atoms with Crippen LogP contribution in [-0.2, 0) is 23.8 Å². The van der Waals surface area contributed by atoms with Crippen molar-refractivity contribution in [3.05, 3.63) is 35.9 Å². The Hall–Kier alpha value is -2.26. The zero-order chi connectivity index (χ0) is 19.1. The highest BCUT2D eigenvalue weighted by Gasteiger charge is 2.47. The van der Waals surface area contributed by atoms with Gasteiger partial charge in [0.15, 0.2) is 17.3 Å². The fraction of sp³-hybridized carbons (Fsp3) is 0.412. The van der Waals surface area contributed by atoms with E-state index in [4.69, 9.17) is 38.6 Å². The number of esters is 2. The van der Waals surface area contributed by atoms with Gasteiger partial charge in [0.05, 0.1) is 13.2 Å². The Morgan fingerprint density at radius 2 is 1.85 bits per heavy atom. The molecule has 1 aliphatic rings. The van der Waals surface area contributed by atoms with Crippen LogP contribution in [0.3, 0.4) is 0 Å². The number of carbonyl (C=O) groups is 2. The SMILES string of the molecule is CCOC(=O)CNC(=S)N1C(=S)O[C@@H](c2ccccc2)[C@H]1C(=O)OCC. The topological polar surface area (TPSA) is 77.1 Å². The summed E-state index contributed by atoms with van der Waals surface area (Å²) in [5.41, 5.74) is 0.767. The first kappa shape index (κ1) is 20.1. The summed E-state index contributed by atoms with van der Waals surface area (Å²) in [6, 6.07) is 8.32. The molecule has 1 saturated heterocycles. The molecule has 0 amide bonds. The molecule has 0 aromatic heterocycles. The number of carbonyl (C=O) groups excluding carboxylic acids is 2. The summed E-state index contributed by atoms with van der Waals surface area (Å²) in [4.78, 5) is 25.4. The third kappa shape index (κ3) is 4.67. The van der Waals surface area contributed by atoms with Crippen LogP contribution in [0.25, 0.3) is 0 Å². The first-order valence-electron chi connectivity index (χ1n) is 8.14. The quantitative estimate of drug-likeness (QED) is 0.571. The molecule has 1 fully saturated rings. The molecule has 0 bridgehead atoms. The van der Waals surface area contributed by atoms with Gasteiger partial charge in [0.1, 0.15) is 6.54 Å². The van der Waals surface area contributed by atoms with Crippen molar-refractivity contribution in [1.82, 2.24) is 10.2 Å². The Bertz CT molecular complexity index is 683. The van der Waals surface area contributed by atoms with E-state index in [0.717, 1.165) is 5.56 Å². The molecule has 2 atom stereocenters. The van der Waals surface area contributed by atoms with E-state index < -0.39 is 24.1 Å². The number of nitrogens with zero attached hydrogens (tertiary/aromatic N) is 1. The summed E-state index contributed by atoms with van der Waals surface area (Å²) in [5, 5.41) is 2.88. The summed E-state index contributed by atoms with van der Waals surface area (Å²) >= 11 is 10.6. The van der Waals surface area contributed by atoms with Crippen LogP contribution in [0.2, 0.25) is 0 Å². The van der Waals surface area contributed by atoms with E-state index in [1.807, 2.05) is 30.3 Å². The summed E-state index contributed by atoms with van der Waals surface area (Å²) in [5.74, 6) is -0.977. The van der Waals surface area contributed by atoms with Gasteiger partial charge in [-0.25, -0.2) is 4.79 Å². The average molecular weight is 396 g/mol. The Morgan fingerprint density at radius 3 is 2.46 bits per heavy atom. The lowest BCUT2D eigenvalue weighted by atomic mass is 10.0. The van der Waals surface area contributed by atoms with Gasteiger partial charge in [0, 0.05) is 0 Å². The van der Waals surface area contributed by atoms with Crippen molar-refractivity contribution < 1.29 is 23.8 Å². The van der Waals surface area contributed by atoms with Gasteiger partial charge < -0.3 is 19.5 Å². The van der Waals surface area contributed by atoms with Crippen LogP contribution < -0.4 is 5.32 Å². The van der Waals surface area contributed by atoms with Crippen LogP contribution in [0.5, 0.6) is 0 Å². The lowest BCUT2D eigenvalue weighted by molar-refractivity contribution is -0.148. The van der Waals surface area contributed by atoms with E-state index in [0.29, 0.717) is 0 Å². The number of thiocarbonyl (C=S) groups is 2. The zero-order valence-corrected chi connectivity index (χ0v) is 16.1. The fourth-order valence-electron chi connectivity index (χ4n) is 2.48. The molecule has 0 spiro atoms. The van der Waals surface area contributed by atoms with Crippen LogP contribution in [0, 0.1) is 0 Å². The minimum absolute atomic E-state index is 0.0401. The molecular formula is C17H20N2O5S2. The van der Waals surface area contributed by atoms with E-state index in [1.165, 1.54) is 4.90 Å². The van der Waals surface area contributed by atoms with Crippen molar-refractivity contribution >= 4 is 46.7 Å². The molecule has 140 valence electrons. The maximum absolute atomic E-state index is 12.5. The maximum Gasteiger partial charge on any atom is 0.333 e. The Kier molecular flexibility index (Phi) is 7.28. The van der Waals surface area contributed by atoms with Gasteiger partial charge in [-0.05, 0) is 43.8 Å². The molecule has 7 nitrogen and oxygen atoms in total. The second-order valence-corrected chi connectivity index (χ2v) is 5.98. The first-order valence-corrected chi connectivity index (χ1v) is 8.96. The molecule has 1 aliphatic heterocycles. The van der Waals surface area contributed by atoms with E-state index in [9.17, 15) is 9.59 Å². The molecule has 26 heavy (non-hydrogen) atoms. The number of rotatable bonds is 6. The maximum atomic E-state index is 12.5. The molecule has 9 heteroatoms. The molecular weight excluding hydrogens is 376 g/mol. The summed E-state index contributed by atoms with van der Waals surface area (Å²) in [6.45, 7) is 3.75. The number of hydrogen-bond donors (Lipinski definition) is 1. The standard InChI is InChI=1S/C17H20N2O5S2/c1-3-22-12(20)10-18-16(25)19-13(15(21)23-4-2)14(24-17(19)26)11-8-6-5-7-9-11/h5-9,13-14H,3-4,10H2,1-2H3,(H,18,25)/t13-,14-/m0/s1. The van der Waals surface area contributed by atoms with Gasteiger partial charge in [-0.15, -0.1) is 0 Å². The molecule has 0 aliphatic carbocycles. The van der Waals surface area contributed by atoms with Crippen molar-refractivity contribution in [2.45, 2.75) is 26.0 Å². The van der Waals surface area contributed by atoms with E-state index >= 15 is 0 Å². The lowest BCUT2D eigenvalue weighted by Gasteiger charge is -2.24. The molecule has 1 heterocycles. The predicted molar refractivity (Wildman–Crippen MR) is 102 cm³/mol. The van der Waals surface area contributed by atoms with Gasteiger partial charge in [0.25, 0.3) is 5.17 Å². The highest BCUT2D eigenvalue weighted by Crippen LogP contribution is 2.33. The zero-order valence-electron chi connectivity index (χ0n) is 14.5. The molecule has 2 rings (SSSR count). The molecule has 1 aromatic carbocycles. The monoisotopic (exact) mass is 396 g/mol. The van der Waals surface area contributed by atoms with Gasteiger partial charge >= 0.3 is 11.9 Å². The Labute approximate surface area is 162 Å². The van der Waals surface area contributed by atoms with Crippen molar-refractivity contribution in [3.8, 4) is 0 Å². The molecule has 0 radical (unpaired) electrons. The van der Waals surface area contributed by atoms with Gasteiger partial charge in [-0.3, -0.25) is 9.69 Å². The average Bonchev–Trinajstić information content (AvgIpc) is 2.98. The smallest absolute Gasteiger partial charge is 0.333 e. The minimum Gasteiger partial charge on any atom is -0.465 e. The van der Waals surface area contributed by atoms with Crippen molar-refractivity contribution in [1.29, 1.82) is 0 Å². The van der Waals surface area contributed by atoms with Crippen LogP contribution in [-0.4, -0.2) is 52.9 Å². The second-order valence-electron chi connectivity index (χ2n) is 5.25. The van der Waals surface area contributed by atoms with Crippen LogP contribution in [0.4, 0.5) is 0 Å². The van der Waals surface area contributed by atoms with Gasteiger partial charge in [-0.1, -0.05) is 30.3 Å². The minimum atomic E-state index is -0.882. The first-order chi connectivity index (χ1) is 12.5. The van der Waals surface area contributed by atoms with Crippen LogP contribution >= 0.6 is 24.4 Å². The van der Waals surface area contributed by atoms with Crippen LogP contribution in [0.1, 0.15) is 25.5 Å². The van der Waals surface area contributed by atoms with Gasteiger partial charge in [-0.2, -0.15) is 0 Å². The van der Waals surface area contributed by atoms with Crippen molar-refractivity contribution in [2.24, 2.45) is 0 Å². The second kappa shape index (κ2) is 9.44. The molecule has 0 unspecified atom stereocenters. The number of hydrogen-bond acceptors (Lipinski definition) is 7. The largest absolute Gasteiger partial charge is 0.465 e. The normalized spacial score (nSPS) is 18.8. The summed E-state index contributed by atoms with van der Waals surface area (Å²) < 4.78 is 15.7. The number of ether oxygens (including phenoxy) is 3. The number of benzene rings is 1. The van der Waals surface area contributed by atoms with Crippen LogP contribution in [0.15, 0.2) is 30.3 Å². The van der Waals surface area contributed by atoms with E-state index in [1.54, 1.807) is 13.8 Å². The fourth-order valence-corrected chi connectivity index (χ4v) is 3.12. The van der Waals surface area contributed by atoms with E-state index in [2.05, 4.69) is 5.32 Å².